The molecule has 1 fully saturated rings. The molecular weight excluding hydrogens is 390 g/mol. The Labute approximate surface area is 158 Å². The minimum absolute atomic E-state index is 0. The van der Waals surface area contributed by atoms with Gasteiger partial charge in [0, 0.05) is 19.1 Å². The molecule has 0 spiro atoms. The third kappa shape index (κ3) is 4.38. The first-order valence-electron chi connectivity index (χ1n) is 8.06. The average molecular weight is 408 g/mol. The average Bonchev–Trinajstić information content (AvgIpc) is 3.07. The number of likely N-dealkylation sites (N-methyl/N-ethyl adjacent to an activating group) is 1. The van der Waals surface area contributed by atoms with Crippen LogP contribution in [0.2, 0.25) is 0 Å². The predicted molar refractivity (Wildman–Crippen MR) is 91.6 cm³/mol. The lowest BCUT2D eigenvalue weighted by Crippen LogP contribution is -2.47. The van der Waals surface area contributed by atoms with Gasteiger partial charge in [-0.1, -0.05) is 5.21 Å². The summed E-state index contributed by atoms with van der Waals surface area (Å²) in [5.74, 6) is -1.41. The highest BCUT2D eigenvalue weighted by Crippen LogP contribution is 2.33. The van der Waals surface area contributed by atoms with E-state index in [4.69, 9.17) is 0 Å². The van der Waals surface area contributed by atoms with E-state index in [0.29, 0.717) is 24.2 Å². The number of rotatable bonds is 3. The maximum atomic E-state index is 13.6. The second kappa shape index (κ2) is 8.22. The van der Waals surface area contributed by atoms with Crippen LogP contribution in [0.4, 0.5) is 17.6 Å². The highest BCUT2D eigenvalue weighted by Gasteiger charge is 2.43. The third-order valence-electron chi connectivity index (χ3n) is 4.33. The first-order valence-corrected chi connectivity index (χ1v) is 8.06. The number of alkyl halides is 3. The van der Waals surface area contributed by atoms with Crippen molar-refractivity contribution in [1.29, 1.82) is 0 Å². The fourth-order valence-electron chi connectivity index (χ4n) is 2.99. The van der Waals surface area contributed by atoms with Gasteiger partial charge in [-0.2, -0.15) is 13.2 Å². The lowest BCUT2D eigenvalue weighted by atomic mass is 10.1. The summed E-state index contributed by atoms with van der Waals surface area (Å²) in [6, 6.07) is 4.34. The van der Waals surface area contributed by atoms with Gasteiger partial charge < -0.3 is 10.2 Å². The van der Waals surface area contributed by atoms with Gasteiger partial charge in [-0.05, 0) is 44.2 Å². The first kappa shape index (κ1) is 21.1. The molecule has 2 aromatic rings. The van der Waals surface area contributed by atoms with Crippen LogP contribution in [-0.2, 0) is 6.18 Å². The molecule has 2 heterocycles. The highest BCUT2D eigenvalue weighted by molar-refractivity contribution is 5.93. The molecule has 1 aliphatic rings. The smallest absolute Gasteiger partial charge is 0.336 e. The zero-order chi connectivity index (χ0) is 18.9. The largest absolute Gasteiger partial charge is 0.435 e. The lowest BCUT2D eigenvalue weighted by molar-refractivity contribution is -0.143. The van der Waals surface area contributed by atoms with Crippen molar-refractivity contribution in [3.05, 3.63) is 41.5 Å². The summed E-state index contributed by atoms with van der Waals surface area (Å²) >= 11 is 0. The van der Waals surface area contributed by atoms with E-state index in [2.05, 4.69) is 15.6 Å². The molecule has 27 heavy (non-hydrogen) atoms. The summed E-state index contributed by atoms with van der Waals surface area (Å²) in [7, 11) is 1.74. The Morgan fingerprint density at radius 2 is 1.93 bits per heavy atom. The van der Waals surface area contributed by atoms with E-state index in [1.54, 1.807) is 7.05 Å². The monoisotopic (exact) mass is 407 g/mol. The van der Waals surface area contributed by atoms with Gasteiger partial charge >= 0.3 is 6.18 Å². The SMILES string of the molecule is CNC1CCCN(C(=O)c2nnn(-c3ccc(F)cc3)c2C(F)(F)F)C1.Cl. The quantitative estimate of drug-likeness (QED) is 0.795. The Morgan fingerprint density at radius 1 is 1.26 bits per heavy atom. The predicted octanol–water partition coefficient (Wildman–Crippen LogP) is 2.67. The van der Waals surface area contributed by atoms with E-state index in [9.17, 15) is 22.4 Å². The molecule has 0 aliphatic carbocycles. The van der Waals surface area contributed by atoms with Crippen molar-refractivity contribution in [3.8, 4) is 5.69 Å². The number of nitrogens with zero attached hydrogens (tertiary/aromatic N) is 4. The zero-order valence-electron chi connectivity index (χ0n) is 14.3. The first-order chi connectivity index (χ1) is 12.3. The zero-order valence-corrected chi connectivity index (χ0v) is 15.1. The third-order valence-corrected chi connectivity index (χ3v) is 4.33. The standard InChI is InChI=1S/C16H17F4N5O.ClH/c1-21-11-3-2-8-24(9-11)15(26)13-14(16(18,19)20)25(23-22-13)12-6-4-10(17)5-7-12;/h4-7,11,21H,2-3,8-9H2,1H3;1H. The fourth-order valence-corrected chi connectivity index (χ4v) is 2.99. The second-order valence-corrected chi connectivity index (χ2v) is 6.05. The van der Waals surface area contributed by atoms with Gasteiger partial charge in [-0.15, -0.1) is 17.5 Å². The van der Waals surface area contributed by atoms with E-state index in [1.165, 1.54) is 4.90 Å². The van der Waals surface area contributed by atoms with Crippen LogP contribution >= 0.6 is 12.4 Å². The molecule has 0 saturated carbocycles. The van der Waals surface area contributed by atoms with E-state index >= 15 is 0 Å². The Hall–Kier alpha value is -2.20. The number of amides is 1. The van der Waals surface area contributed by atoms with E-state index in [-0.39, 0.29) is 24.1 Å². The number of hydrogen-bond donors (Lipinski definition) is 1. The van der Waals surface area contributed by atoms with Gasteiger partial charge in [0.1, 0.15) is 5.82 Å². The summed E-state index contributed by atoms with van der Waals surface area (Å²) in [5, 5.41) is 10.0. The molecular formula is C16H18ClF4N5O. The van der Waals surface area contributed by atoms with Crippen LogP contribution < -0.4 is 5.32 Å². The molecule has 1 saturated heterocycles. The van der Waals surface area contributed by atoms with E-state index in [1.807, 2.05) is 0 Å². The second-order valence-electron chi connectivity index (χ2n) is 6.05. The summed E-state index contributed by atoms with van der Waals surface area (Å²) in [6.07, 6.45) is -3.32. The minimum Gasteiger partial charge on any atom is -0.336 e. The number of piperidine rings is 1. The lowest BCUT2D eigenvalue weighted by Gasteiger charge is -2.32. The molecule has 6 nitrogen and oxygen atoms in total. The fraction of sp³-hybridized carbons (Fsp3) is 0.438. The van der Waals surface area contributed by atoms with Gasteiger partial charge in [0.15, 0.2) is 11.4 Å². The Bertz CT molecular complexity index is 793. The summed E-state index contributed by atoms with van der Waals surface area (Å²) in [5.41, 5.74) is -2.05. The number of benzene rings is 1. The highest BCUT2D eigenvalue weighted by atomic mass is 35.5. The number of hydrogen-bond acceptors (Lipinski definition) is 4. The molecule has 1 aliphatic heterocycles. The van der Waals surface area contributed by atoms with Crippen LogP contribution in [0.25, 0.3) is 5.69 Å². The van der Waals surface area contributed by atoms with Crippen molar-refractivity contribution in [2.24, 2.45) is 0 Å². The van der Waals surface area contributed by atoms with Crippen molar-refractivity contribution in [1.82, 2.24) is 25.2 Å². The minimum atomic E-state index is -4.85. The van der Waals surface area contributed by atoms with E-state index in [0.717, 1.165) is 30.7 Å². The van der Waals surface area contributed by atoms with Gasteiger partial charge in [0.2, 0.25) is 0 Å². The Kier molecular flexibility index (Phi) is 6.42. The number of halogens is 5. The van der Waals surface area contributed by atoms with Crippen LogP contribution in [0, 0.1) is 5.82 Å². The molecule has 1 atom stereocenters. The van der Waals surface area contributed by atoms with Gasteiger partial charge in [-0.3, -0.25) is 4.79 Å². The van der Waals surface area contributed by atoms with Crippen LogP contribution in [-0.4, -0.2) is 52.0 Å². The molecule has 1 unspecified atom stereocenters. The Balaban J connectivity index is 0.00000261. The summed E-state index contributed by atoms with van der Waals surface area (Å²) in [6.45, 7) is 0.660. The molecule has 1 amide bonds. The van der Waals surface area contributed by atoms with Gasteiger partial charge in [0.05, 0.1) is 5.69 Å². The van der Waals surface area contributed by atoms with Crippen molar-refractivity contribution < 1.29 is 22.4 Å². The maximum Gasteiger partial charge on any atom is 0.435 e. The van der Waals surface area contributed by atoms with Crippen LogP contribution in [0.15, 0.2) is 24.3 Å². The molecule has 148 valence electrons. The van der Waals surface area contributed by atoms with Crippen molar-refractivity contribution >= 4 is 18.3 Å². The molecule has 1 aromatic carbocycles. The summed E-state index contributed by atoms with van der Waals surface area (Å²) < 4.78 is 54.4. The van der Waals surface area contributed by atoms with Crippen LogP contribution in [0.3, 0.4) is 0 Å². The topological polar surface area (TPSA) is 63.1 Å². The van der Waals surface area contributed by atoms with Gasteiger partial charge in [-0.25, -0.2) is 9.07 Å². The molecule has 3 rings (SSSR count). The van der Waals surface area contributed by atoms with Crippen LogP contribution in [0.1, 0.15) is 29.0 Å². The maximum absolute atomic E-state index is 13.6. The molecule has 1 N–H and O–H groups in total. The van der Waals surface area contributed by atoms with E-state index < -0.39 is 29.3 Å². The number of carbonyl (C=O) groups excluding carboxylic acids is 1. The van der Waals surface area contributed by atoms with Crippen LogP contribution in [0.5, 0.6) is 0 Å². The van der Waals surface area contributed by atoms with Crippen molar-refractivity contribution in [2.45, 2.75) is 25.1 Å². The number of carbonyl (C=O) groups is 1. The van der Waals surface area contributed by atoms with Crippen molar-refractivity contribution in [3.63, 3.8) is 0 Å². The summed E-state index contributed by atoms with van der Waals surface area (Å²) in [4.78, 5) is 14.0. The molecule has 0 bridgehead atoms. The van der Waals surface area contributed by atoms with Crippen molar-refractivity contribution in [2.75, 3.05) is 20.1 Å². The molecule has 11 heteroatoms. The van der Waals surface area contributed by atoms with Gasteiger partial charge in [0.25, 0.3) is 5.91 Å². The number of nitrogens with one attached hydrogen (secondary N) is 1. The molecule has 0 radical (unpaired) electrons. The Morgan fingerprint density at radius 3 is 2.52 bits per heavy atom. The number of aromatic nitrogens is 3. The number of likely N-dealkylation sites (tertiary alicyclic amines) is 1. The molecule has 1 aromatic heterocycles. The normalized spacial score (nSPS) is 17.5.